The molecule has 0 spiro atoms. The standard InChI is InChI=1S/C17H23NO2/c19-17(14-7-4-5-8-14)18-12-6-11-16(13-18)20-15-9-2-1-3-10-15/h1-3,9-10,14,16H,4-8,11-13H2. The van der Waals surface area contributed by atoms with Gasteiger partial charge in [0.05, 0.1) is 6.54 Å². The maximum Gasteiger partial charge on any atom is 0.225 e. The van der Waals surface area contributed by atoms with E-state index >= 15 is 0 Å². The fraction of sp³-hybridized carbons (Fsp3) is 0.588. The number of amides is 1. The first-order valence-corrected chi connectivity index (χ1v) is 7.83. The van der Waals surface area contributed by atoms with Gasteiger partial charge in [-0.15, -0.1) is 0 Å². The number of nitrogens with zero attached hydrogens (tertiary/aromatic N) is 1. The van der Waals surface area contributed by atoms with Crippen LogP contribution in [0.25, 0.3) is 0 Å². The van der Waals surface area contributed by atoms with Crippen molar-refractivity contribution in [3.05, 3.63) is 30.3 Å². The lowest BCUT2D eigenvalue weighted by Gasteiger charge is -2.34. The minimum atomic E-state index is 0.150. The van der Waals surface area contributed by atoms with Gasteiger partial charge in [-0.1, -0.05) is 31.0 Å². The van der Waals surface area contributed by atoms with Gasteiger partial charge in [0.2, 0.25) is 5.91 Å². The van der Waals surface area contributed by atoms with Crippen LogP contribution in [0, 0.1) is 5.92 Å². The molecule has 1 aromatic rings. The van der Waals surface area contributed by atoms with Crippen molar-refractivity contribution in [2.75, 3.05) is 13.1 Å². The van der Waals surface area contributed by atoms with E-state index < -0.39 is 0 Å². The average Bonchev–Trinajstić information content (AvgIpc) is 3.02. The Morgan fingerprint density at radius 2 is 1.80 bits per heavy atom. The molecule has 0 radical (unpaired) electrons. The molecule has 1 atom stereocenters. The minimum absolute atomic E-state index is 0.150. The van der Waals surface area contributed by atoms with E-state index in [2.05, 4.69) is 0 Å². The second-order valence-corrected chi connectivity index (χ2v) is 5.96. The van der Waals surface area contributed by atoms with E-state index in [1.807, 2.05) is 35.2 Å². The Hall–Kier alpha value is -1.51. The third-order valence-electron chi connectivity index (χ3n) is 4.44. The van der Waals surface area contributed by atoms with Crippen LogP contribution in [-0.4, -0.2) is 30.0 Å². The van der Waals surface area contributed by atoms with Crippen LogP contribution in [-0.2, 0) is 4.79 Å². The van der Waals surface area contributed by atoms with E-state index in [4.69, 9.17) is 4.74 Å². The molecule has 1 aromatic carbocycles. The highest BCUT2D eigenvalue weighted by Gasteiger charge is 2.31. The summed E-state index contributed by atoms with van der Waals surface area (Å²) in [6, 6.07) is 9.93. The molecule has 0 bridgehead atoms. The monoisotopic (exact) mass is 273 g/mol. The summed E-state index contributed by atoms with van der Waals surface area (Å²) in [6.07, 6.45) is 6.84. The van der Waals surface area contributed by atoms with E-state index in [1.54, 1.807) is 0 Å². The number of para-hydroxylation sites is 1. The Morgan fingerprint density at radius 1 is 1.05 bits per heavy atom. The zero-order valence-electron chi connectivity index (χ0n) is 12.0. The Bertz CT molecular complexity index is 440. The molecule has 20 heavy (non-hydrogen) atoms. The van der Waals surface area contributed by atoms with E-state index in [0.717, 1.165) is 44.5 Å². The molecule has 1 amide bonds. The van der Waals surface area contributed by atoms with Crippen LogP contribution >= 0.6 is 0 Å². The van der Waals surface area contributed by atoms with Gasteiger partial charge in [-0.3, -0.25) is 4.79 Å². The molecular formula is C17H23NO2. The summed E-state index contributed by atoms with van der Waals surface area (Å²) in [5, 5.41) is 0. The Kier molecular flexibility index (Phi) is 4.24. The summed E-state index contributed by atoms with van der Waals surface area (Å²) < 4.78 is 6.00. The van der Waals surface area contributed by atoms with Crippen LogP contribution in [0.4, 0.5) is 0 Å². The third-order valence-corrected chi connectivity index (χ3v) is 4.44. The van der Waals surface area contributed by atoms with Crippen molar-refractivity contribution < 1.29 is 9.53 Å². The van der Waals surface area contributed by atoms with Gasteiger partial charge in [-0.05, 0) is 37.8 Å². The van der Waals surface area contributed by atoms with Crippen LogP contribution < -0.4 is 4.74 Å². The third kappa shape index (κ3) is 3.14. The predicted octanol–water partition coefficient (Wildman–Crippen LogP) is 3.25. The second kappa shape index (κ2) is 6.29. The van der Waals surface area contributed by atoms with Gasteiger partial charge in [0.25, 0.3) is 0 Å². The highest BCUT2D eigenvalue weighted by atomic mass is 16.5. The lowest BCUT2D eigenvalue weighted by atomic mass is 10.0. The van der Waals surface area contributed by atoms with Gasteiger partial charge in [0.1, 0.15) is 11.9 Å². The van der Waals surface area contributed by atoms with Crippen molar-refractivity contribution in [2.24, 2.45) is 5.92 Å². The molecule has 1 saturated heterocycles. The van der Waals surface area contributed by atoms with Crippen molar-refractivity contribution in [3.63, 3.8) is 0 Å². The summed E-state index contributed by atoms with van der Waals surface area (Å²) in [4.78, 5) is 14.5. The number of carbonyl (C=O) groups excluding carboxylic acids is 1. The van der Waals surface area contributed by atoms with Crippen LogP contribution in [0.5, 0.6) is 5.75 Å². The summed E-state index contributed by atoms with van der Waals surface area (Å²) in [5.74, 6) is 1.56. The number of piperidine rings is 1. The van der Waals surface area contributed by atoms with Crippen LogP contribution in [0.2, 0.25) is 0 Å². The predicted molar refractivity (Wildman–Crippen MR) is 78.6 cm³/mol. The van der Waals surface area contributed by atoms with E-state index in [9.17, 15) is 4.79 Å². The maximum absolute atomic E-state index is 12.5. The number of rotatable bonds is 3. The second-order valence-electron chi connectivity index (χ2n) is 5.96. The minimum Gasteiger partial charge on any atom is -0.489 e. The maximum atomic E-state index is 12.5. The molecule has 0 N–H and O–H groups in total. The first kappa shape index (κ1) is 13.5. The smallest absolute Gasteiger partial charge is 0.225 e. The number of carbonyl (C=O) groups is 1. The first-order chi connectivity index (χ1) is 9.83. The van der Waals surface area contributed by atoms with Gasteiger partial charge in [0, 0.05) is 12.5 Å². The van der Waals surface area contributed by atoms with Gasteiger partial charge >= 0.3 is 0 Å². The van der Waals surface area contributed by atoms with Crippen molar-refractivity contribution in [2.45, 2.75) is 44.6 Å². The SMILES string of the molecule is O=C(C1CCCC1)N1CCCC(Oc2ccccc2)C1. The first-order valence-electron chi connectivity index (χ1n) is 7.83. The molecule has 3 nitrogen and oxygen atoms in total. The van der Waals surface area contributed by atoms with Gasteiger partial charge < -0.3 is 9.64 Å². The fourth-order valence-electron chi connectivity index (χ4n) is 3.36. The number of benzene rings is 1. The zero-order chi connectivity index (χ0) is 13.8. The van der Waals surface area contributed by atoms with Crippen LogP contribution in [0.1, 0.15) is 38.5 Å². The normalized spacial score (nSPS) is 23.8. The fourth-order valence-corrected chi connectivity index (χ4v) is 3.36. The summed E-state index contributed by atoms with van der Waals surface area (Å²) in [7, 11) is 0. The molecule has 3 rings (SSSR count). The van der Waals surface area contributed by atoms with E-state index in [-0.39, 0.29) is 12.0 Å². The molecule has 2 fully saturated rings. The van der Waals surface area contributed by atoms with Gasteiger partial charge in [-0.25, -0.2) is 0 Å². The van der Waals surface area contributed by atoms with E-state index in [1.165, 1.54) is 12.8 Å². The Morgan fingerprint density at radius 3 is 2.55 bits per heavy atom. The topological polar surface area (TPSA) is 29.5 Å². The van der Waals surface area contributed by atoms with Crippen molar-refractivity contribution in [3.8, 4) is 5.75 Å². The summed E-state index contributed by atoms with van der Waals surface area (Å²) in [5.41, 5.74) is 0. The molecule has 1 saturated carbocycles. The lowest BCUT2D eigenvalue weighted by Crippen LogP contribution is -2.46. The number of hydrogen-bond donors (Lipinski definition) is 0. The van der Waals surface area contributed by atoms with Crippen LogP contribution in [0.15, 0.2) is 30.3 Å². The molecule has 1 aliphatic carbocycles. The van der Waals surface area contributed by atoms with Crippen molar-refractivity contribution >= 4 is 5.91 Å². The molecule has 108 valence electrons. The molecule has 1 unspecified atom stereocenters. The average molecular weight is 273 g/mol. The van der Waals surface area contributed by atoms with Crippen molar-refractivity contribution in [1.82, 2.24) is 4.90 Å². The van der Waals surface area contributed by atoms with Crippen LogP contribution in [0.3, 0.4) is 0 Å². The van der Waals surface area contributed by atoms with Gasteiger partial charge in [-0.2, -0.15) is 0 Å². The highest BCUT2D eigenvalue weighted by molar-refractivity contribution is 5.79. The Labute approximate surface area is 120 Å². The molecule has 0 aromatic heterocycles. The van der Waals surface area contributed by atoms with Gasteiger partial charge in [0.15, 0.2) is 0 Å². The van der Waals surface area contributed by atoms with Crippen molar-refractivity contribution in [1.29, 1.82) is 0 Å². The molecule has 2 aliphatic rings. The molecule has 1 heterocycles. The number of ether oxygens (including phenoxy) is 1. The quantitative estimate of drug-likeness (QED) is 0.846. The number of likely N-dealkylation sites (tertiary alicyclic amines) is 1. The largest absolute Gasteiger partial charge is 0.489 e. The lowest BCUT2D eigenvalue weighted by molar-refractivity contribution is -0.138. The molecule has 3 heteroatoms. The highest BCUT2D eigenvalue weighted by Crippen LogP contribution is 2.28. The Balaban J connectivity index is 1.57. The zero-order valence-corrected chi connectivity index (χ0v) is 12.0. The summed E-state index contributed by atoms with van der Waals surface area (Å²) >= 11 is 0. The molecular weight excluding hydrogens is 250 g/mol. The molecule has 1 aliphatic heterocycles. The number of hydrogen-bond acceptors (Lipinski definition) is 2. The van der Waals surface area contributed by atoms with E-state index in [0.29, 0.717) is 5.91 Å². The summed E-state index contributed by atoms with van der Waals surface area (Å²) in [6.45, 7) is 1.66.